The molecule has 1 N–H and O–H groups in total. The quantitative estimate of drug-likeness (QED) is 0.513. The van der Waals surface area contributed by atoms with Gasteiger partial charge in [-0.05, 0) is 12.1 Å². The third-order valence-corrected chi connectivity index (χ3v) is 4.44. The highest BCUT2D eigenvalue weighted by Gasteiger charge is 2.13. The van der Waals surface area contributed by atoms with Gasteiger partial charge in [-0.25, -0.2) is 19.3 Å². The molecule has 0 fully saturated rings. The number of para-hydroxylation sites is 1. The molecule has 0 bridgehead atoms. The summed E-state index contributed by atoms with van der Waals surface area (Å²) in [5, 5.41) is 0.673. The highest BCUT2D eigenvalue weighted by molar-refractivity contribution is 8.00. The molecule has 3 rings (SSSR count). The molecule has 0 aliphatic rings. The molecule has 25 heavy (non-hydrogen) atoms. The lowest BCUT2D eigenvalue weighted by Crippen LogP contribution is -2.32. The fourth-order valence-corrected chi connectivity index (χ4v) is 2.97. The second-order valence-electron chi connectivity index (χ2n) is 5.16. The summed E-state index contributed by atoms with van der Waals surface area (Å²) in [6, 6.07) is 6.18. The number of likely N-dealkylation sites (N-methyl/N-ethyl adjacent to an activating group) is 1. The average Bonchev–Trinajstić information content (AvgIpc) is 3.10. The summed E-state index contributed by atoms with van der Waals surface area (Å²) >= 11 is 1.31. The number of rotatable bonds is 7. The second-order valence-corrected chi connectivity index (χ2v) is 6.13. The SMILES string of the molecule is CN(CCOc1ccccc1F)C(=O)CSc1ncnc2nc[nH]c12. The van der Waals surface area contributed by atoms with Gasteiger partial charge in [0.25, 0.3) is 0 Å². The molecule has 1 amide bonds. The van der Waals surface area contributed by atoms with Crippen molar-refractivity contribution in [1.29, 1.82) is 0 Å². The van der Waals surface area contributed by atoms with Gasteiger partial charge in [0.05, 0.1) is 18.6 Å². The van der Waals surface area contributed by atoms with E-state index in [1.165, 1.54) is 30.5 Å². The van der Waals surface area contributed by atoms with Crippen molar-refractivity contribution in [2.45, 2.75) is 5.03 Å². The molecule has 0 saturated carbocycles. The van der Waals surface area contributed by atoms with E-state index in [1.54, 1.807) is 30.1 Å². The first kappa shape index (κ1) is 17.2. The number of halogens is 1. The minimum absolute atomic E-state index is 0.0755. The number of carbonyl (C=O) groups excluding carboxylic acids is 1. The molecular weight excluding hydrogens is 345 g/mol. The second kappa shape index (κ2) is 7.93. The molecule has 130 valence electrons. The van der Waals surface area contributed by atoms with Crippen LogP contribution in [0.4, 0.5) is 4.39 Å². The number of imidazole rings is 1. The van der Waals surface area contributed by atoms with Crippen molar-refractivity contribution in [3.63, 3.8) is 0 Å². The number of benzene rings is 1. The summed E-state index contributed by atoms with van der Waals surface area (Å²) in [4.78, 5) is 29.0. The normalized spacial score (nSPS) is 10.8. The van der Waals surface area contributed by atoms with Gasteiger partial charge in [0.2, 0.25) is 5.91 Å². The zero-order valence-corrected chi connectivity index (χ0v) is 14.3. The van der Waals surface area contributed by atoms with Crippen molar-refractivity contribution < 1.29 is 13.9 Å². The lowest BCUT2D eigenvalue weighted by atomic mass is 10.3. The van der Waals surface area contributed by atoms with Crippen LogP contribution in [-0.2, 0) is 4.79 Å². The Morgan fingerprint density at radius 2 is 2.16 bits per heavy atom. The summed E-state index contributed by atoms with van der Waals surface area (Å²) in [6.07, 6.45) is 2.96. The van der Waals surface area contributed by atoms with Crippen LogP contribution in [0, 0.1) is 5.82 Å². The number of fused-ring (bicyclic) bond motifs is 1. The van der Waals surface area contributed by atoms with E-state index in [0.29, 0.717) is 22.7 Å². The number of H-pyrrole nitrogens is 1. The van der Waals surface area contributed by atoms with Crippen LogP contribution in [0.2, 0.25) is 0 Å². The van der Waals surface area contributed by atoms with E-state index in [0.717, 1.165) is 0 Å². The van der Waals surface area contributed by atoms with E-state index in [9.17, 15) is 9.18 Å². The zero-order valence-electron chi connectivity index (χ0n) is 13.5. The van der Waals surface area contributed by atoms with Gasteiger partial charge < -0.3 is 14.6 Å². The summed E-state index contributed by atoms with van der Waals surface area (Å²) in [6.45, 7) is 0.573. The van der Waals surface area contributed by atoms with E-state index in [-0.39, 0.29) is 24.0 Å². The van der Waals surface area contributed by atoms with Crippen molar-refractivity contribution in [2.24, 2.45) is 0 Å². The number of thioether (sulfide) groups is 1. The molecular formula is C16H16FN5O2S. The number of hydrogen-bond acceptors (Lipinski definition) is 6. The first-order chi connectivity index (χ1) is 12.1. The summed E-state index contributed by atoms with van der Waals surface area (Å²) in [5.74, 6) is -0.0884. The lowest BCUT2D eigenvalue weighted by Gasteiger charge is -2.17. The number of hydrogen-bond donors (Lipinski definition) is 1. The lowest BCUT2D eigenvalue weighted by molar-refractivity contribution is -0.127. The van der Waals surface area contributed by atoms with Gasteiger partial charge in [0, 0.05) is 7.05 Å². The molecule has 7 nitrogen and oxygen atoms in total. The molecule has 2 aromatic heterocycles. The standard InChI is InChI=1S/C16H16FN5O2S/c1-22(6-7-24-12-5-3-2-4-11(12)17)13(23)8-25-16-14-15(19-9-18-14)20-10-21-16/h2-5,9-10H,6-8H2,1H3,(H,18,19,20,21). The molecule has 0 radical (unpaired) electrons. The van der Waals surface area contributed by atoms with Crippen LogP contribution in [0.1, 0.15) is 0 Å². The van der Waals surface area contributed by atoms with Crippen molar-refractivity contribution in [2.75, 3.05) is 26.0 Å². The molecule has 0 saturated heterocycles. The smallest absolute Gasteiger partial charge is 0.232 e. The topological polar surface area (TPSA) is 84.0 Å². The number of aromatic amines is 1. The highest BCUT2D eigenvalue weighted by Crippen LogP contribution is 2.21. The Bertz CT molecular complexity index is 872. The highest BCUT2D eigenvalue weighted by atomic mass is 32.2. The molecule has 9 heteroatoms. The third kappa shape index (κ3) is 4.24. The summed E-state index contributed by atoms with van der Waals surface area (Å²) in [7, 11) is 1.68. The maximum absolute atomic E-state index is 13.5. The molecule has 0 spiro atoms. The third-order valence-electron chi connectivity index (χ3n) is 3.47. The summed E-state index contributed by atoms with van der Waals surface area (Å²) in [5.41, 5.74) is 1.28. The Hall–Kier alpha value is -2.68. The average molecular weight is 361 g/mol. The van der Waals surface area contributed by atoms with E-state index in [1.807, 2.05) is 0 Å². The van der Waals surface area contributed by atoms with E-state index >= 15 is 0 Å². The predicted molar refractivity (Wildman–Crippen MR) is 91.9 cm³/mol. The van der Waals surface area contributed by atoms with Crippen LogP contribution in [0.5, 0.6) is 5.75 Å². The molecule has 0 unspecified atom stereocenters. The monoisotopic (exact) mass is 361 g/mol. The number of nitrogens with one attached hydrogen (secondary N) is 1. The Labute approximate surface area is 147 Å². The van der Waals surface area contributed by atoms with Gasteiger partial charge in [-0.1, -0.05) is 23.9 Å². The molecule has 2 heterocycles. The number of ether oxygens (including phenoxy) is 1. The van der Waals surface area contributed by atoms with Crippen LogP contribution in [0.3, 0.4) is 0 Å². The molecule has 0 aliphatic carbocycles. The van der Waals surface area contributed by atoms with Crippen LogP contribution < -0.4 is 4.74 Å². The fourth-order valence-electron chi connectivity index (χ4n) is 2.07. The maximum Gasteiger partial charge on any atom is 0.232 e. The summed E-state index contributed by atoms with van der Waals surface area (Å²) < 4.78 is 18.8. The number of nitrogens with zero attached hydrogens (tertiary/aromatic N) is 4. The fraction of sp³-hybridized carbons (Fsp3) is 0.250. The van der Waals surface area contributed by atoms with E-state index < -0.39 is 5.82 Å². The van der Waals surface area contributed by atoms with Crippen LogP contribution in [-0.4, -0.2) is 56.7 Å². The van der Waals surface area contributed by atoms with Crippen molar-refractivity contribution in [1.82, 2.24) is 24.8 Å². The first-order valence-electron chi connectivity index (χ1n) is 7.53. The first-order valence-corrected chi connectivity index (χ1v) is 8.52. The van der Waals surface area contributed by atoms with Gasteiger partial charge >= 0.3 is 0 Å². The van der Waals surface area contributed by atoms with Gasteiger partial charge in [0.1, 0.15) is 23.5 Å². The number of amides is 1. The van der Waals surface area contributed by atoms with Crippen molar-refractivity contribution in [3.05, 3.63) is 42.7 Å². The van der Waals surface area contributed by atoms with E-state index in [2.05, 4.69) is 19.9 Å². The number of aromatic nitrogens is 4. The molecule has 0 atom stereocenters. The molecule has 0 aliphatic heterocycles. The Morgan fingerprint density at radius 3 is 3.00 bits per heavy atom. The largest absolute Gasteiger partial charge is 0.489 e. The Morgan fingerprint density at radius 1 is 1.32 bits per heavy atom. The van der Waals surface area contributed by atoms with E-state index in [4.69, 9.17) is 4.74 Å². The van der Waals surface area contributed by atoms with Gasteiger partial charge in [-0.2, -0.15) is 0 Å². The maximum atomic E-state index is 13.5. The Balaban J connectivity index is 1.48. The van der Waals surface area contributed by atoms with Crippen LogP contribution in [0.25, 0.3) is 11.2 Å². The minimum atomic E-state index is -0.417. The van der Waals surface area contributed by atoms with Gasteiger partial charge in [0.15, 0.2) is 17.2 Å². The molecule has 1 aromatic carbocycles. The van der Waals surface area contributed by atoms with Crippen molar-refractivity contribution in [3.8, 4) is 5.75 Å². The van der Waals surface area contributed by atoms with Gasteiger partial charge in [-0.15, -0.1) is 0 Å². The Kier molecular flexibility index (Phi) is 5.44. The van der Waals surface area contributed by atoms with Crippen LogP contribution >= 0.6 is 11.8 Å². The predicted octanol–water partition coefficient (Wildman–Crippen LogP) is 2.12. The van der Waals surface area contributed by atoms with Crippen LogP contribution in [0.15, 0.2) is 41.9 Å². The number of carbonyl (C=O) groups is 1. The minimum Gasteiger partial charge on any atom is -0.489 e. The van der Waals surface area contributed by atoms with Crippen molar-refractivity contribution >= 4 is 28.8 Å². The van der Waals surface area contributed by atoms with Gasteiger partial charge in [-0.3, -0.25) is 4.79 Å². The zero-order chi connectivity index (χ0) is 17.6. The molecule has 3 aromatic rings.